The third kappa shape index (κ3) is 4.46. The maximum absolute atomic E-state index is 13.3. The number of halogens is 3. The van der Waals surface area contributed by atoms with Gasteiger partial charge in [0.25, 0.3) is 10.0 Å². The first-order valence-electron chi connectivity index (χ1n) is 6.72. The molecule has 0 aliphatic heterocycles. The van der Waals surface area contributed by atoms with Crippen LogP contribution in [0.5, 0.6) is 0 Å². The molecule has 0 saturated heterocycles. The number of amidine groups is 1. The summed E-state index contributed by atoms with van der Waals surface area (Å²) in [6.45, 7) is 6.21. The number of benzene rings is 1. The van der Waals surface area contributed by atoms with E-state index in [9.17, 15) is 21.6 Å². The summed E-state index contributed by atoms with van der Waals surface area (Å²) in [4.78, 5) is 0.671. The van der Waals surface area contributed by atoms with Crippen LogP contribution in [-0.2, 0) is 10.0 Å². The van der Waals surface area contributed by atoms with E-state index in [1.165, 1.54) is 24.3 Å². The molecule has 1 aromatic rings. The van der Waals surface area contributed by atoms with Gasteiger partial charge in [-0.1, -0.05) is 18.2 Å². The van der Waals surface area contributed by atoms with Crippen molar-refractivity contribution < 1.29 is 21.6 Å². The van der Waals surface area contributed by atoms with E-state index in [1.54, 1.807) is 33.8 Å². The molecule has 0 spiro atoms. The van der Waals surface area contributed by atoms with E-state index < -0.39 is 34.1 Å². The van der Waals surface area contributed by atoms with Crippen molar-refractivity contribution in [1.29, 1.82) is 0 Å². The van der Waals surface area contributed by atoms with Gasteiger partial charge in [-0.05, 0) is 39.8 Å². The van der Waals surface area contributed by atoms with Crippen molar-refractivity contribution in [2.45, 2.75) is 50.9 Å². The minimum Gasteiger partial charge on any atom is -0.347 e. The predicted molar refractivity (Wildman–Crippen MR) is 79.2 cm³/mol. The quantitative estimate of drug-likeness (QED) is 0.625. The summed E-state index contributed by atoms with van der Waals surface area (Å²) < 4.78 is 67.2. The highest BCUT2D eigenvalue weighted by Gasteiger charge is 2.43. The molecule has 0 N–H and O–H groups in total. The predicted octanol–water partition coefficient (Wildman–Crippen LogP) is 3.45. The van der Waals surface area contributed by atoms with Gasteiger partial charge in [-0.25, -0.2) is 0 Å². The molecule has 0 aliphatic rings. The summed E-state index contributed by atoms with van der Waals surface area (Å²) in [5, 5.41) is 0. The lowest BCUT2D eigenvalue weighted by Gasteiger charge is -2.34. The van der Waals surface area contributed by atoms with E-state index in [1.807, 2.05) is 0 Å². The Morgan fingerprint density at radius 2 is 1.50 bits per heavy atom. The smallest absolute Gasteiger partial charge is 0.347 e. The number of alkyl halides is 3. The molecule has 0 unspecified atom stereocenters. The fourth-order valence-electron chi connectivity index (χ4n) is 2.09. The Bertz CT molecular complexity index is 615. The molecule has 0 aliphatic carbocycles. The van der Waals surface area contributed by atoms with Gasteiger partial charge >= 0.3 is 6.18 Å². The first-order valence-corrected chi connectivity index (χ1v) is 8.16. The molecule has 0 saturated carbocycles. The molecule has 124 valence electrons. The van der Waals surface area contributed by atoms with Crippen LogP contribution >= 0.6 is 0 Å². The van der Waals surface area contributed by atoms with Gasteiger partial charge < -0.3 is 4.90 Å². The molecule has 0 atom stereocenters. The first kappa shape index (κ1) is 18.5. The van der Waals surface area contributed by atoms with Crippen molar-refractivity contribution in [3.63, 3.8) is 0 Å². The summed E-state index contributed by atoms with van der Waals surface area (Å²) in [6, 6.07) is 5.75. The lowest BCUT2D eigenvalue weighted by molar-refractivity contribution is -0.0717. The zero-order valence-corrected chi connectivity index (χ0v) is 13.6. The number of sulfonamides is 1. The average Bonchev–Trinajstić information content (AvgIpc) is 2.37. The van der Waals surface area contributed by atoms with E-state index >= 15 is 0 Å². The van der Waals surface area contributed by atoms with E-state index in [0.717, 1.165) is 4.90 Å². The lowest BCUT2D eigenvalue weighted by Crippen LogP contribution is -2.49. The van der Waals surface area contributed by atoms with Crippen molar-refractivity contribution >= 4 is 15.9 Å². The summed E-state index contributed by atoms with van der Waals surface area (Å²) in [6.07, 6.45) is -4.86. The van der Waals surface area contributed by atoms with Crippen LogP contribution in [0.4, 0.5) is 13.2 Å². The van der Waals surface area contributed by atoms with Crippen LogP contribution in [0.2, 0.25) is 0 Å². The summed E-state index contributed by atoms with van der Waals surface area (Å²) in [5.74, 6) is -1.40. The zero-order valence-electron chi connectivity index (χ0n) is 12.8. The van der Waals surface area contributed by atoms with Crippen LogP contribution in [-0.4, -0.2) is 37.4 Å². The molecular weight excluding hydrogens is 317 g/mol. The average molecular weight is 336 g/mol. The lowest BCUT2D eigenvalue weighted by atomic mass is 10.2. The Morgan fingerprint density at radius 3 is 1.86 bits per heavy atom. The van der Waals surface area contributed by atoms with Crippen molar-refractivity contribution in [3.05, 3.63) is 30.3 Å². The highest BCUT2D eigenvalue weighted by atomic mass is 32.2. The van der Waals surface area contributed by atoms with Crippen molar-refractivity contribution in [3.8, 4) is 0 Å². The second-order valence-electron chi connectivity index (χ2n) is 5.30. The second kappa shape index (κ2) is 6.68. The molecule has 0 amide bonds. The molecule has 0 heterocycles. The Labute approximate surface area is 128 Å². The van der Waals surface area contributed by atoms with Crippen molar-refractivity contribution in [1.82, 2.24) is 4.90 Å². The highest BCUT2D eigenvalue weighted by molar-refractivity contribution is 7.90. The minimum absolute atomic E-state index is 0.274. The number of nitrogens with zero attached hydrogens (tertiary/aromatic N) is 2. The van der Waals surface area contributed by atoms with Gasteiger partial charge in [-0.15, -0.1) is 4.40 Å². The maximum atomic E-state index is 13.3. The van der Waals surface area contributed by atoms with Crippen molar-refractivity contribution in [2.24, 2.45) is 4.40 Å². The SMILES string of the molecule is CC(C)N(/C(=N/S(=O)(=O)c1ccccc1)C(F)(F)F)C(C)C. The van der Waals surface area contributed by atoms with Gasteiger partial charge in [0, 0.05) is 12.1 Å². The van der Waals surface area contributed by atoms with Gasteiger partial charge in [0.1, 0.15) is 0 Å². The van der Waals surface area contributed by atoms with E-state index in [4.69, 9.17) is 0 Å². The van der Waals surface area contributed by atoms with E-state index in [0.29, 0.717) is 0 Å². The number of rotatable bonds is 4. The summed E-state index contributed by atoms with van der Waals surface area (Å²) in [7, 11) is -4.43. The van der Waals surface area contributed by atoms with Crippen LogP contribution in [0.3, 0.4) is 0 Å². The Morgan fingerprint density at radius 1 is 1.05 bits per heavy atom. The van der Waals surface area contributed by atoms with Crippen LogP contribution < -0.4 is 0 Å². The maximum Gasteiger partial charge on any atom is 0.450 e. The van der Waals surface area contributed by atoms with E-state index in [2.05, 4.69) is 4.40 Å². The fourth-order valence-corrected chi connectivity index (χ4v) is 3.12. The molecule has 4 nitrogen and oxygen atoms in total. The normalized spacial score (nSPS) is 13.8. The molecule has 1 rings (SSSR count). The fraction of sp³-hybridized carbons (Fsp3) is 0.500. The van der Waals surface area contributed by atoms with Crippen LogP contribution in [0.15, 0.2) is 39.6 Å². The second-order valence-corrected chi connectivity index (χ2v) is 6.90. The van der Waals surface area contributed by atoms with Crippen molar-refractivity contribution in [2.75, 3.05) is 0 Å². The number of hydrogen-bond acceptors (Lipinski definition) is 2. The Hall–Kier alpha value is -1.57. The molecule has 8 heteroatoms. The topological polar surface area (TPSA) is 49.7 Å². The van der Waals surface area contributed by atoms with Gasteiger partial charge in [-0.2, -0.15) is 21.6 Å². The molecule has 1 aromatic carbocycles. The van der Waals surface area contributed by atoms with E-state index in [-0.39, 0.29) is 4.90 Å². The summed E-state index contributed by atoms with van der Waals surface area (Å²) >= 11 is 0. The van der Waals surface area contributed by atoms with Crippen LogP contribution in [0, 0.1) is 0 Å². The third-order valence-corrected chi connectivity index (χ3v) is 4.14. The Kier molecular flexibility index (Phi) is 5.61. The standard InChI is InChI=1S/C14H19F3N2O2S/c1-10(2)19(11(3)4)13(14(15,16)17)18-22(20,21)12-8-6-5-7-9-12/h5-11H,1-4H3/b18-13+. The highest BCUT2D eigenvalue weighted by Crippen LogP contribution is 2.25. The molecule has 0 bridgehead atoms. The van der Waals surface area contributed by atoms with Gasteiger partial charge in [-0.3, -0.25) is 0 Å². The molecule has 0 radical (unpaired) electrons. The number of hydrogen-bond donors (Lipinski definition) is 0. The third-order valence-electron chi connectivity index (χ3n) is 2.86. The van der Waals surface area contributed by atoms with Gasteiger partial charge in [0.2, 0.25) is 5.84 Å². The van der Waals surface area contributed by atoms with Crippen LogP contribution in [0.25, 0.3) is 0 Å². The molecule has 0 fully saturated rings. The monoisotopic (exact) mass is 336 g/mol. The molecule has 0 aromatic heterocycles. The molecule has 22 heavy (non-hydrogen) atoms. The van der Waals surface area contributed by atoms with Crippen LogP contribution in [0.1, 0.15) is 27.7 Å². The largest absolute Gasteiger partial charge is 0.450 e. The summed E-state index contributed by atoms with van der Waals surface area (Å²) in [5.41, 5.74) is 0. The van der Waals surface area contributed by atoms with Gasteiger partial charge in [0.05, 0.1) is 4.90 Å². The zero-order chi connectivity index (χ0) is 17.1. The Balaban J connectivity index is 3.46. The molecular formula is C14H19F3N2O2S. The minimum atomic E-state index is -4.86. The van der Waals surface area contributed by atoms with Gasteiger partial charge in [0.15, 0.2) is 0 Å². The first-order chi connectivity index (χ1) is 9.97.